The van der Waals surface area contributed by atoms with Crippen LogP contribution in [-0.4, -0.2) is 0 Å². The highest BCUT2D eigenvalue weighted by molar-refractivity contribution is 7.80. The molecule has 1 aromatic carbocycles. The maximum Gasteiger partial charge on any atom is 0.0669 e. The number of thiophene rings is 1. The van der Waals surface area contributed by atoms with Gasteiger partial charge in [0.2, 0.25) is 0 Å². The second-order valence-electron chi connectivity index (χ2n) is 3.24. The average molecular weight is 219 g/mol. The van der Waals surface area contributed by atoms with Crippen molar-refractivity contribution in [2.45, 2.75) is 18.2 Å². The van der Waals surface area contributed by atoms with Gasteiger partial charge in [-0.15, -0.1) is 24.0 Å². The predicted octanol–water partition coefficient (Wildman–Crippen LogP) is 3.56. The lowest BCUT2D eigenvalue weighted by Crippen LogP contribution is -1.83. The van der Waals surface area contributed by atoms with E-state index in [0.29, 0.717) is 6.42 Å². The Morgan fingerprint density at radius 1 is 1.50 bits per heavy atom. The Labute approximate surface area is 92.4 Å². The van der Waals surface area contributed by atoms with Crippen LogP contribution in [-0.2, 0) is 6.42 Å². The fourth-order valence-corrected chi connectivity index (χ4v) is 3.11. The maximum atomic E-state index is 8.63. The van der Waals surface area contributed by atoms with Crippen LogP contribution in [0.15, 0.2) is 22.4 Å². The van der Waals surface area contributed by atoms with Crippen molar-refractivity contribution in [3.63, 3.8) is 0 Å². The van der Waals surface area contributed by atoms with Gasteiger partial charge in [-0.3, -0.25) is 0 Å². The lowest BCUT2D eigenvalue weighted by atomic mass is 10.1. The topological polar surface area (TPSA) is 23.8 Å². The zero-order valence-corrected chi connectivity index (χ0v) is 9.45. The summed E-state index contributed by atoms with van der Waals surface area (Å²) in [6.07, 6.45) is 0.483. The molecule has 0 saturated carbocycles. The molecular formula is C11H9NS2. The summed E-state index contributed by atoms with van der Waals surface area (Å²) < 4.78 is 1.22. The van der Waals surface area contributed by atoms with Crippen LogP contribution in [0.25, 0.3) is 10.1 Å². The Kier molecular flexibility index (Phi) is 2.49. The van der Waals surface area contributed by atoms with Crippen molar-refractivity contribution in [3.05, 3.63) is 28.6 Å². The number of nitriles is 1. The molecule has 0 aliphatic rings. The first-order valence-electron chi connectivity index (χ1n) is 4.29. The summed E-state index contributed by atoms with van der Waals surface area (Å²) in [5, 5.41) is 11.9. The Bertz CT molecular complexity index is 520. The van der Waals surface area contributed by atoms with Gasteiger partial charge in [-0.05, 0) is 24.1 Å². The summed E-state index contributed by atoms with van der Waals surface area (Å²) in [5.74, 6) is 0. The molecule has 0 radical (unpaired) electrons. The van der Waals surface area contributed by atoms with E-state index >= 15 is 0 Å². The highest BCUT2D eigenvalue weighted by Crippen LogP contribution is 2.32. The molecule has 0 N–H and O–H groups in total. The molecule has 0 bridgehead atoms. The molecule has 3 heteroatoms. The van der Waals surface area contributed by atoms with E-state index in [-0.39, 0.29) is 0 Å². The molecule has 1 nitrogen and oxygen atoms in total. The minimum atomic E-state index is 0.483. The SMILES string of the molecule is Cc1cc(CC#N)cc2scc(S)c12. The van der Waals surface area contributed by atoms with Gasteiger partial charge in [0.25, 0.3) is 0 Å². The molecular weight excluding hydrogens is 210 g/mol. The molecule has 70 valence electrons. The first kappa shape index (κ1) is 9.57. The number of hydrogen-bond donors (Lipinski definition) is 1. The molecule has 14 heavy (non-hydrogen) atoms. The van der Waals surface area contributed by atoms with Crippen LogP contribution in [0.3, 0.4) is 0 Å². The Morgan fingerprint density at radius 2 is 2.29 bits per heavy atom. The van der Waals surface area contributed by atoms with E-state index in [1.165, 1.54) is 15.6 Å². The largest absolute Gasteiger partial charge is 0.198 e. The third-order valence-corrected chi connectivity index (χ3v) is 3.65. The molecule has 0 saturated heterocycles. The van der Waals surface area contributed by atoms with E-state index in [4.69, 9.17) is 5.26 Å². The predicted molar refractivity (Wildman–Crippen MR) is 63.1 cm³/mol. The Balaban J connectivity index is 2.69. The molecule has 0 spiro atoms. The smallest absolute Gasteiger partial charge is 0.0669 e. The molecule has 0 atom stereocenters. The minimum Gasteiger partial charge on any atom is -0.198 e. The summed E-state index contributed by atoms with van der Waals surface area (Å²) in [5.41, 5.74) is 2.30. The normalized spacial score (nSPS) is 10.4. The summed E-state index contributed by atoms with van der Waals surface area (Å²) in [4.78, 5) is 1.03. The van der Waals surface area contributed by atoms with Gasteiger partial charge in [-0.2, -0.15) is 5.26 Å². The van der Waals surface area contributed by atoms with E-state index in [0.717, 1.165) is 10.5 Å². The van der Waals surface area contributed by atoms with Crippen molar-refractivity contribution in [2.24, 2.45) is 0 Å². The van der Waals surface area contributed by atoms with Crippen molar-refractivity contribution in [1.82, 2.24) is 0 Å². The van der Waals surface area contributed by atoms with Crippen molar-refractivity contribution >= 4 is 34.1 Å². The fraction of sp³-hybridized carbons (Fsp3) is 0.182. The van der Waals surface area contributed by atoms with Gasteiger partial charge in [-0.25, -0.2) is 0 Å². The molecule has 2 aromatic rings. The third-order valence-electron chi connectivity index (χ3n) is 2.20. The first-order chi connectivity index (χ1) is 6.72. The second-order valence-corrected chi connectivity index (χ2v) is 4.63. The summed E-state index contributed by atoms with van der Waals surface area (Å²) in [7, 11) is 0. The monoisotopic (exact) mass is 219 g/mol. The molecule has 2 rings (SSSR count). The molecule has 0 fully saturated rings. The standard InChI is InChI=1S/C11H9NS2/c1-7-4-8(2-3-12)5-10-11(7)9(13)6-14-10/h4-6,13H,2H2,1H3. The van der Waals surface area contributed by atoms with Crippen molar-refractivity contribution in [2.75, 3.05) is 0 Å². The third kappa shape index (κ3) is 1.52. The number of aryl methyl sites for hydroxylation is 1. The van der Waals surface area contributed by atoms with Crippen LogP contribution in [0, 0.1) is 18.3 Å². The molecule has 1 aromatic heterocycles. The van der Waals surface area contributed by atoms with Crippen LogP contribution in [0.5, 0.6) is 0 Å². The zero-order chi connectivity index (χ0) is 10.1. The van der Waals surface area contributed by atoms with Crippen LogP contribution >= 0.6 is 24.0 Å². The quantitative estimate of drug-likeness (QED) is 0.728. The van der Waals surface area contributed by atoms with Gasteiger partial charge in [-0.1, -0.05) is 6.07 Å². The number of fused-ring (bicyclic) bond motifs is 1. The highest BCUT2D eigenvalue weighted by Gasteiger charge is 2.05. The van der Waals surface area contributed by atoms with Gasteiger partial charge < -0.3 is 0 Å². The Hall–Kier alpha value is -0.980. The van der Waals surface area contributed by atoms with E-state index < -0.39 is 0 Å². The van der Waals surface area contributed by atoms with Gasteiger partial charge in [0.15, 0.2) is 0 Å². The second kappa shape index (κ2) is 3.64. The van der Waals surface area contributed by atoms with Gasteiger partial charge >= 0.3 is 0 Å². The minimum absolute atomic E-state index is 0.483. The van der Waals surface area contributed by atoms with E-state index in [1.54, 1.807) is 11.3 Å². The highest BCUT2D eigenvalue weighted by atomic mass is 32.1. The van der Waals surface area contributed by atoms with Crippen molar-refractivity contribution in [3.8, 4) is 6.07 Å². The van der Waals surface area contributed by atoms with Crippen LogP contribution in [0.1, 0.15) is 11.1 Å². The molecule has 0 aliphatic carbocycles. The number of hydrogen-bond acceptors (Lipinski definition) is 3. The summed E-state index contributed by atoms with van der Waals surface area (Å²) in [6, 6.07) is 6.32. The zero-order valence-electron chi connectivity index (χ0n) is 7.74. The van der Waals surface area contributed by atoms with Gasteiger partial charge in [0, 0.05) is 20.4 Å². The lowest BCUT2D eigenvalue weighted by Gasteiger charge is -2.01. The summed E-state index contributed by atoms with van der Waals surface area (Å²) >= 11 is 6.09. The van der Waals surface area contributed by atoms with Gasteiger partial charge in [0.05, 0.1) is 12.5 Å². The van der Waals surface area contributed by atoms with E-state index in [1.807, 2.05) is 5.38 Å². The maximum absolute atomic E-state index is 8.63. The molecule has 0 aliphatic heterocycles. The Morgan fingerprint density at radius 3 is 3.00 bits per heavy atom. The molecule has 0 unspecified atom stereocenters. The van der Waals surface area contributed by atoms with Crippen molar-refractivity contribution < 1.29 is 0 Å². The number of nitrogens with zero attached hydrogens (tertiary/aromatic N) is 1. The number of thiol groups is 1. The fourth-order valence-electron chi connectivity index (χ4n) is 1.62. The van der Waals surface area contributed by atoms with Crippen LogP contribution < -0.4 is 0 Å². The van der Waals surface area contributed by atoms with Crippen molar-refractivity contribution in [1.29, 1.82) is 5.26 Å². The first-order valence-corrected chi connectivity index (χ1v) is 5.61. The molecule has 0 amide bonds. The van der Waals surface area contributed by atoms with E-state index in [9.17, 15) is 0 Å². The van der Waals surface area contributed by atoms with Crippen LogP contribution in [0.4, 0.5) is 0 Å². The summed E-state index contributed by atoms with van der Waals surface area (Å²) in [6.45, 7) is 2.07. The molecule has 1 heterocycles. The van der Waals surface area contributed by atoms with Gasteiger partial charge in [0.1, 0.15) is 0 Å². The number of benzene rings is 1. The van der Waals surface area contributed by atoms with E-state index in [2.05, 4.69) is 37.8 Å². The van der Waals surface area contributed by atoms with Crippen LogP contribution in [0.2, 0.25) is 0 Å². The lowest BCUT2D eigenvalue weighted by molar-refractivity contribution is 1.26. The average Bonchev–Trinajstić information content (AvgIpc) is 2.48. The number of rotatable bonds is 1.